The van der Waals surface area contributed by atoms with Gasteiger partial charge in [-0.2, -0.15) is 9.40 Å². The van der Waals surface area contributed by atoms with Crippen LogP contribution in [0.1, 0.15) is 30.1 Å². The molecule has 0 unspecified atom stereocenters. The van der Waals surface area contributed by atoms with Crippen LogP contribution in [-0.2, 0) is 27.8 Å². The molecule has 4 rings (SSSR count). The minimum absolute atomic E-state index is 0.0392. The SMILES string of the molecule is CN([C@@H]1CCCc2c1cnn2CC(=O)O)S(=O)(=O)c1ccc(Oc2cc(F)ccc2F)c(Cl)c1. The van der Waals surface area contributed by atoms with E-state index in [9.17, 15) is 22.0 Å². The average molecular weight is 512 g/mol. The number of hydrogen-bond donors (Lipinski definition) is 1. The normalized spacial score (nSPS) is 15.9. The van der Waals surface area contributed by atoms with Gasteiger partial charge in [-0.25, -0.2) is 17.2 Å². The Morgan fingerprint density at radius 1 is 1.26 bits per heavy atom. The molecule has 1 atom stereocenters. The van der Waals surface area contributed by atoms with E-state index in [1.54, 1.807) is 0 Å². The van der Waals surface area contributed by atoms with Crippen molar-refractivity contribution in [1.82, 2.24) is 14.1 Å². The molecule has 1 N–H and O–H groups in total. The molecule has 1 aliphatic rings. The summed E-state index contributed by atoms with van der Waals surface area (Å²) in [5.41, 5.74) is 1.35. The Morgan fingerprint density at radius 2 is 2.03 bits per heavy atom. The Bertz CT molecular complexity index is 1360. The minimum atomic E-state index is -4.02. The Labute approximate surface area is 199 Å². The third kappa shape index (κ3) is 4.63. The van der Waals surface area contributed by atoms with Gasteiger partial charge >= 0.3 is 5.97 Å². The number of nitrogens with zero attached hydrogens (tertiary/aromatic N) is 3. The maximum atomic E-state index is 13.9. The number of ether oxygens (including phenoxy) is 1. The van der Waals surface area contributed by atoms with E-state index in [1.807, 2.05) is 0 Å². The fourth-order valence-corrected chi connectivity index (χ4v) is 5.65. The first-order chi connectivity index (χ1) is 16.1. The predicted octanol–water partition coefficient (Wildman–Crippen LogP) is 4.39. The highest BCUT2D eigenvalue weighted by atomic mass is 35.5. The van der Waals surface area contributed by atoms with Gasteiger partial charge in [0.15, 0.2) is 11.6 Å². The van der Waals surface area contributed by atoms with Crippen molar-refractivity contribution in [1.29, 1.82) is 0 Å². The van der Waals surface area contributed by atoms with E-state index in [-0.39, 0.29) is 28.0 Å². The summed E-state index contributed by atoms with van der Waals surface area (Å²) in [7, 11) is -2.58. The summed E-state index contributed by atoms with van der Waals surface area (Å²) in [6.45, 7) is -0.304. The quantitative estimate of drug-likeness (QED) is 0.505. The van der Waals surface area contributed by atoms with Crippen LogP contribution < -0.4 is 4.74 Å². The molecule has 0 spiro atoms. The second kappa shape index (κ2) is 9.32. The van der Waals surface area contributed by atoms with Crippen molar-refractivity contribution in [2.45, 2.75) is 36.7 Å². The number of rotatable bonds is 7. The fraction of sp³-hybridized carbons (Fsp3) is 0.273. The van der Waals surface area contributed by atoms with Crippen LogP contribution in [0.5, 0.6) is 11.5 Å². The summed E-state index contributed by atoms with van der Waals surface area (Å²) in [5, 5.41) is 13.1. The summed E-state index contributed by atoms with van der Waals surface area (Å²) in [6, 6.07) is 5.88. The third-order valence-corrected chi connectivity index (χ3v) is 7.81. The van der Waals surface area contributed by atoms with Crippen LogP contribution in [0.25, 0.3) is 0 Å². The van der Waals surface area contributed by atoms with E-state index in [4.69, 9.17) is 21.4 Å². The molecule has 12 heteroatoms. The number of benzene rings is 2. The number of fused-ring (bicyclic) bond motifs is 1. The molecule has 1 heterocycles. The number of halogens is 3. The van der Waals surface area contributed by atoms with E-state index < -0.39 is 33.7 Å². The van der Waals surface area contributed by atoms with Gasteiger partial charge < -0.3 is 9.84 Å². The smallest absolute Gasteiger partial charge is 0.325 e. The Hall–Kier alpha value is -3.02. The molecule has 0 bridgehead atoms. The van der Waals surface area contributed by atoms with Crippen LogP contribution in [0, 0.1) is 11.6 Å². The lowest BCUT2D eigenvalue weighted by molar-refractivity contribution is -0.137. The summed E-state index contributed by atoms with van der Waals surface area (Å²) >= 11 is 6.21. The van der Waals surface area contributed by atoms with Crippen molar-refractivity contribution < 1.29 is 31.8 Å². The van der Waals surface area contributed by atoms with Gasteiger partial charge in [-0.05, 0) is 49.6 Å². The number of sulfonamides is 1. The highest BCUT2D eigenvalue weighted by Gasteiger charge is 2.34. The standard InChI is InChI=1S/C22H20ClF2N3O5S/c1-27(18-3-2-4-19-15(18)11-26-28(19)12-22(29)30)34(31,32)14-6-8-20(16(23)10-14)33-21-9-13(24)5-7-17(21)25/h5-11,18H,2-4,12H2,1H3,(H,29,30)/t18-/m1/s1. The van der Waals surface area contributed by atoms with Crippen molar-refractivity contribution in [3.05, 3.63) is 70.5 Å². The zero-order valence-corrected chi connectivity index (χ0v) is 19.5. The zero-order valence-electron chi connectivity index (χ0n) is 17.9. The molecule has 8 nitrogen and oxygen atoms in total. The summed E-state index contributed by atoms with van der Waals surface area (Å²) in [4.78, 5) is 11.0. The van der Waals surface area contributed by atoms with Gasteiger partial charge in [0.25, 0.3) is 0 Å². The summed E-state index contributed by atoms with van der Waals surface area (Å²) in [6.07, 6.45) is 3.30. The largest absolute Gasteiger partial charge is 0.480 e. The van der Waals surface area contributed by atoms with Crippen LogP contribution in [0.4, 0.5) is 8.78 Å². The molecule has 0 saturated carbocycles. The topological polar surface area (TPSA) is 102 Å². The summed E-state index contributed by atoms with van der Waals surface area (Å²) in [5.74, 6) is -2.97. The fourth-order valence-electron chi connectivity index (χ4n) is 3.97. The van der Waals surface area contributed by atoms with E-state index in [0.717, 1.165) is 18.2 Å². The number of carbonyl (C=O) groups is 1. The molecule has 0 amide bonds. The molecule has 1 aromatic heterocycles. The average Bonchev–Trinajstić information content (AvgIpc) is 3.19. The van der Waals surface area contributed by atoms with Crippen LogP contribution in [0.3, 0.4) is 0 Å². The van der Waals surface area contributed by atoms with Crippen LogP contribution >= 0.6 is 11.6 Å². The number of hydrogen-bond acceptors (Lipinski definition) is 5. The van der Waals surface area contributed by atoms with Gasteiger partial charge in [0.2, 0.25) is 10.0 Å². The van der Waals surface area contributed by atoms with Crippen molar-refractivity contribution >= 4 is 27.6 Å². The lowest BCUT2D eigenvalue weighted by Crippen LogP contribution is -2.33. The summed E-state index contributed by atoms with van der Waals surface area (Å²) < 4.78 is 61.9. The second-order valence-corrected chi connectivity index (χ2v) is 10.2. The van der Waals surface area contributed by atoms with Crippen molar-refractivity contribution in [3.8, 4) is 11.5 Å². The third-order valence-electron chi connectivity index (χ3n) is 5.65. The lowest BCUT2D eigenvalue weighted by atomic mass is 9.93. The van der Waals surface area contributed by atoms with Gasteiger partial charge in [0, 0.05) is 24.4 Å². The highest BCUT2D eigenvalue weighted by molar-refractivity contribution is 7.89. The predicted molar refractivity (Wildman–Crippen MR) is 118 cm³/mol. The maximum Gasteiger partial charge on any atom is 0.325 e. The molecule has 1 aliphatic carbocycles. The van der Waals surface area contributed by atoms with Gasteiger partial charge in [0.1, 0.15) is 18.1 Å². The Morgan fingerprint density at radius 3 is 2.74 bits per heavy atom. The number of carboxylic acids is 1. The van der Waals surface area contributed by atoms with E-state index in [0.29, 0.717) is 30.5 Å². The van der Waals surface area contributed by atoms with Crippen molar-refractivity contribution in [3.63, 3.8) is 0 Å². The van der Waals surface area contributed by atoms with Crippen LogP contribution in [0.15, 0.2) is 47.5 Å². The molecule has 34 heavy (non-hydrogen) atoms. The van der Waals surface area contributed by atoms with Crippen LogP contribution in [-0.4, -0.2) is 40.6 Å². The molecular formula is C22H20ClF2N3O5S. The monoisotopic (exact) mass is 511 g/mol. The maximum absolute atomic E-state index is 13.9. The lowest BCUT2D eigenvalue weighted by Gasteiger charge is -2.31. The van der Waals surface area contributed by atoms with E-state index in [1.165, 1.54) is 40.4 Å². The van der Waals surface area contributed by atoms with Crippen molar-refractivity contribution in [2.24, 2.45) is 0 Å². The number of aliphatic carboxylic acids is 1. The van der Waals surface area contributed by atoms with E-state index >= 15 is 0 Å². The molecule has 0 fully saturated rings. The minimum Gasteiger partial charge on any atom is -0.480 e. The Kier molecular flexibility index (Phi) is 6.61. The van der Waals surface area contributed by atoms with Gasteiger partial charge in [-0.1, -0.05) is 11.6 Å². The zero-order chi connectivity index (χ0) is 24.6. The van der Waals surface area contributed by atoms with Gasteiger partial charge in [-0.15, -0.1) is 0 Å². The molecule has 2 aromatic carbocycles. The Balaban J connectivity index is 1.60. The van der Waals surface area contributed by atoms with E-state index in [2.05, 4.69) is 5.10 Å². The first-order valence-corrected chi connectivity index (χ1v) is 12.1. The molecule has 0 radical (unpaired) electrons. The molecule has 0 saturated heterocycles. The first-order valence-electron chi connectivity index (χ1n) is 10.2. The van der Waals surface area contributed by atoms with Crippen LogP contribution in [0.2, 0.25) is 5.02 Å². The second-order valence-electron chi connectivity index (χ2n) is 7.80. The first kappa shape index (κ1) is 24.1. The molecule has 180 valence electrons. The highest BCUT2D eigenvalue weighted by Crippen LogP contribution is 2.38. The number of aromatic nitrogens is 2. The number of carboxylic acid groups (broad SMARTS) is 1. The molecule has 3 aromatic rings. The molecule has 0 aliphatic heterocycles. The van der Waals surface area contributed by atoms with Gasteiger partial charge in [-0.3, -0.25) is 9.48 Å². The molecular weight excluding hydrogens is 492 g/mol. The van der Waals surface area contributed by atoms with Crippen molar-refractivity contribution in [2.75, 3.05) is 7.05 Å². The van der Waals surface area contributed by atoms with Gasteiger partial charge in [0.05, 0.1) is 22.2 Å².